The molecule has 1 N–H and O–H groups in total. The van der Waals surface area contributed by atoms with Gasteiger partial charge in [0.05, 0.1) is 10.6 Å². The van der Waals surface area contributed by atoms with Gasteiger partial charge >= 0.3 is 0 Å². The minimum Gasteiger partial charge on any atom is -0.369 e. The zero-order valence-corrected chi connectivity index (χ0v) is 13.7. The normalized spacial score (nSPS) is 19.4. The Hall–Kier alpha value is -0.810. The second kappa shape index (κ2) is 6.31. The molecule has 1 aliphatic rings. The Kier molecular flexibility index (Phi) is 4.46. The molecular weight excluding hydrogens is 286 g/mol. The zero-order chi connectivity index (χ0) is 13.9. The summed E-state index contributed by atoms with van der Waals surface area (Å²) in [5, 5.41) is 5.15. The first kappa shape index (κ1) is 14.1. The third-order valence-electron chi connectivity index (χ3n) is 3.54. The summed E-state index contributed by atoms with van der Waals surface area (Å²) in [5.74, 6) is 3.30. The molecule has 0 aliphatic carbocycles. The highest BCUT2D eigenvalue weighted by Gasteiger charge is 2.21. The zero-order valence-electron chi connectivity index (χ0n) is 12.1. The molecule has 20 heavy (non-hydrogen) atoms. The Morgan fingerprint density at radius 2 is 2.25 bits per heavy atom. The van der Waals surface area contributed by atoms with Crippen LogP contribution in [0, 0.1) is 6.92 Å². The minimum atomic E-state index is 0.484. The fourth-order valence-corrected chi connectivity index (χ4v) is 4.65. The molecule has 2 aromatic rings. The van der Waals surface area contributed by atoms with Gasteiger partial charge in [0.2, 0.25) is 0 Å². The van der Waals surface area contributed by atoms with Gasteiger partial charge in [-0.25, -0.2) is 9.97 Å². The van der Waals surface area contributed by atoms with E-state index in [1.807, 2.05) is 11.8 Å². The molecule has 0 radical (unpaired) electrons. The van der Waals surface area contributed by atoms with Crippen molar-refractivity contribution in [2.75, 3.05) is 17.6 Å². The number of hydrogen-bond donors (Lipinski definition) is 1. The number of anilines is 1. The van der Waals surface area contributed by atoms with E-state index < -0.39 is 0 Å². The molecular formula is C15H21N3S2. The van der Waals surface area contributed by atoms with Gasteiger partial charge in [0.1, 0.15) is 16.5 Å². The molecule has 0 bridgehead atoms. The van der Waals surface area contributed by atoms with Crippen molar-refractivity contribution in [1.82, 2.24) is 9.97 Å². The quantitative estimate of drug-likeness (QED) is 0.882. The Balaban J connectivity index is 1.99. The van der Waals surface area contributed by atoms with Gasteiger partial charge in [0, 0.05) is 11.4 Å². The molecule has 2 aromatic heterocycles. The first-order valence-corrected chi connectivity index (χ1v) is 9.28. The van der Waals surface area contributed by atoms with Gasteiger partial charge in [0.25, 0.3) is 0 Å². The van der Waals surface area contributed by atoms with E-state index in [2.05, 4.69) is 25.2 Å². The lowest BCUT2D eigenvalue weighted by molar-refractivity contribution is 0.665. The van der Waals surface area contributed by atoms with E-state index in [9.17, 15) is 0 Å². The third kappa shape index (κ3) is 2.93. The highest BCUT2D eigenvalue weighted by Crippen LogP contribution is 2.39. The maximum atomic E-state index is 4.84. The number of hydrogen-bond acceptors (Lipinski definition) is 5. The maximum Gasteiger partial charge on any atom is 0.145 e. The second-order valence-corrected chi connectivity index (χ2v) is 7.83. The van der Waals surface area contributed by atoms with Crippen LogP contribution < -0.4 is 5.32 Å². The summed E-state index contributed by atoms with van der Waals surface area (Å²) in [7, 11) is 0. The Morgan fingerprint density at radius 1 is 1.35 bits per heavy atom. The molecule has 0 amide bonds. The fraction of sp³-hybridized carbons (Fsp3) is 0.600. The van der Waals surface area contributed by atoms with Crippen LogP contribution in [0.15, 0.2) is 6.07 Å². The van der Waals surface area contributed by atoms with Crippen molar-refractivity contribution in [2.45, 2.75) is 44.8 Å². The average molecular weight is 307 g/mol. The van der Waals surface area contributed by atoms with Crippen LogP contribution in [0.3, 0.4) is 0 Å². The van der Waals surface area contributed by atoms with Crippen LogP contribution in [0.25, 0.3) is 10.2 Å². The summed E-state index contributed by atoms with van der Waals surface area (Å²) in [5.41, 5.74) is 0. The lowest BCUT2D eigenvalue weighted by Gasteiger charge is -2.20. The predicted octanol–water partition coefficient (Wildman–Crippen LogP) is 4.78. The minimum absolute atomic E-state index is 0.484. The lowest BCUT2D eigenvalue weighted by Crippen LogP contribution is -2.10. The Bertz CT molecular complexity index is 588. The van der Waals surface area contributed by atoms with E-state index in [0.717, 1.165) is 29.4 Å². The number of thiophene rings is 1. The summed E-state index contributed by atoms with van der Waals surface area (Å²) in [4.78, 5) is 12.1. The van der Waals surface area contributed by atoms with Gasteiger partial charge in [-0.1, -0.05) is 13.3 Å². The smallest absolute Gasteiger partial charge is 0.145 e. The molecule has 1 unspecified atom stereocenters. The van der Waals surface area contributed by atoms with Crippen molar-refractivity contribution in [2.24, 2.45) is 0 Å². The van der Waals surface area contributed by atoms with Gasteiger partial charge in [0.15, 0.2) is 0 Å². The summed E-state index contributed by atoms with van der Waals surface area (Å²) >= 11 is 3.79. The highest BCUT2D eigenvalue weighted by molar-refractivity contribution is 7.99. The van der Waals surface area contributed by atoms with E-state index in [4.69, 9.17) is 9.97 Å². The van der Waals surface area contributed by atoms with Crippen molar-refractivity contribution < 1.29 is 0 Å². The van der Waals surface area contributed by atoms with Crippen LogP contribution in [0.5, 0.6) is 0 Å². The molecule has 0 aromatic carbocycles. The number of fused-ring (bicyclic) bond motifs is 1. The topological polar surface area (TPSA) is 37.8 Å². The van der Waals surface area contributed by atoms with E-state index in [1.54, 1.807) is 11.3 Å². The molecule has 3 nitrogen and oxygen atoms in total. The van der Waals surface area contributed by atoms with E-state index in [0.29, 0.717) is 5.25 Å². The third-order valence-corrected chi connectivity index (χ3v) is 5.86. The van der Waals surface area contributed by atoms with Gasteiger partial charge in [-0.3, -0.25) is 0 Å². The number of nitrogens with one attached hydrogen (secondary N) is 1. The number of rotatable bonds is 4. The molecule has 5 heteroatoms. The molecule has 1 atom stereocenters. The number of thioether (sulfide) groups is 1. The van der Waals surface area contributed by atoms with Crippen molar-refractivity contribution in [1.29, 1.82) is 0 Å². The van der Waals surface area contributed by atoms with E-state index in [1.165, 1.54) is 35.3 Å². The van der Waals surface area contributed by atoms with Crippen LogP contribution in [0.2, 0.25) is 0 Å². The lowest BCUT2D eigenvalue weighted by atomic mass is 10.2. The van der Waals surface area contributed by atoms with Gasteiger partial charge in [-0.2, -0.15) is 11.8 Å². The molecule has 0 spiro atoms. The van der Waals surface area contributed by atoms with Crippen LogP contribution in [-0.2, 0) is 0 Å². The molecule has 1 saturated heterocycles. The highest BCUT2D eigenvalue weighted by atomic mass is 32.2. The van der Waals surface area contributed by atoms with Crippen LogP contribution in [0.4, 0.5) is 5.82 Å². The van der Waals surface area contributed by atoms with Crippen molar-refractivity contribution in [3.05, 3.63) is 16.8 Å². The predicted molar refractivity (Wildman–Crippen MR) is 90.0 cm³/mol. The van der Waals surface area contributed by atoms with E-state index in [-0.39, 0.29) is 0 Å². The van der Waals surface area contributed by atoms with Crippen LogP contribution in [0.1, 0.15) is 48.6 Å². The SMILES string of the molecule is CCCNc1nc(C2CCCCS2)nc2sc(C)cc12. The number of aromatic nitrogens is 2. The van der Waals surface area contributed by atoms with Gasteiger partial charge in [-0.05, 0) is 38.0 Å². The number of aryl methyl sites for hydroxylation is 1. The molecule has 0 saturated carbocycles. The average Bonchev–Trinajstić information content (AvgIpc) is 2.86. The number of nitrogens with zero attached hydrogens (tertiary/aromatic N) is 2. The largest absolute Gasteiger partial charge is 0.369 e. The standard InChI is InChI=1S/C15H21N3S2/c1-3-7-16-13-11-9-10(2)20-15(11)18-14(17-13)12-6-4-5-8-19-12/h9,12H,3-8H2,1-2H3,(H,16,17,18). The molecule has 108 valence electrons. The van der Waals surface area contributed by atoms with E-state index >= 15 is 0 Å². The molecule has 3 heterocycles. The van der Waals surface area contributed by atoms with Gasteiger partial charge < -0.3 is 5.32 Å². The van der Waals surface area contributed by atoms with Crippen molar-refractivity contribution >= 4 is 39.1 Å². The summed E-state index contributed by atoms with van der Waals surface area (Å²) in [6.45, 7) is 5.30. The molecule has 3 rings (SSSR count). The summed E-state index contributed by atoms with van der Waals surface area (Å²) in [6.07, 6.45) is 4.97. The first-order chi connectivity index (χ1) is 9.78. The van der Waals surface area contributed by atoms with Crippen molar-refractivity contribution in [3.63, 3.8) is 0 Å². The summed E-state index contributed by atoms with van der Waals surface area (Å²) in [6, 6.07) is 2.20. The fourth-order valence-electron chi connectivity index (χ4n) is 2.52. The second-order valence-electron chi connectivity index (χ2n) is 5.29. The molecule has 1 fully saturated rings. The monoisotopic (exact) mass is 307 g/mol. The van der Waals surface area contributed by atoms with Crippen LogP contribution in [-0.4, -0.2) is 22.3 Å². The Morgan fingerprint density at radius 3 is 3.00 bits per heavy atom. The summed E-state index contributed by atoms with van der Waals surface area (Å²) < 4.78 is 0. The Labute approximate surface area is 128 Å². The van der Waals surface area contributed by atoms with Crippen molar-refractivity contribution in [3.8, 4) is 0 Å². The first-order valence-electron chi connectivity index (χ1n) is 7.41. The van der Waals surface area contributed by atoms with Crippen LogP contribution >= 0.6 is 23.1 Å². The molecule has 1 aliphatic heterocycles. The maximum absolute atomic E-state index is 4.84. The van der Waals surface area contributed by atoms with Gasteiger partial charge in [-0.15, -0.1) is 11.3 Å².